The minimum Gasteiger partial charge on any atom is -0.330 e. The lowest BCUT2D eigenvalue weighted by Gasteiger charge is -2.32. The van der Waals surface area contributed by atoms with Crippen molar-refractivity contribution in [3.8, 4) is 11.3 Å². The van der Waals surface area contributed by atoms with Crippen molar-refractivity contribution in [2.75, 3.05) is 26.2 Å². The molecule has 4 aromatic rings. The second-order valence-electron chi connectivity index (χ2n) is 9.02. The van der Waals surface area contributed by atoms with Gasteiger partial charge in [0.2, 0.25) is 5.91 Å². The Morgan fingerprint density at radius 3 is 2.24 bits per heavy atom. The highest BCUT2D eigenvalue weighted by Gasteiger charge is 2.25. The van der Waals surface area contributed by atoms with E-state index >= 15 is 0 Å². The van der Waals surface area contributed by atoms with Crippen LogP contribution in [0.15, 0.2) is 83.7 Å². The van der Waals surface area contributed by atoms with Crippen LogP contribution in [0.4, 0.5) is 0 Å². The van der Waals surface area contributed by atoms with Crippen LogP contribution >= 0.6 is 0 Å². The van der Waals surface area contributed by atoms with E-state index in [0.29, 0.717) is 18.5 Å². The van der Waals surface area contributed by atoms with Crippen molar-refractivity contribution in [2.45, 2.75) is 20.0 Å². The summed E-state index contributed by atoms with van der Waals surface area (Å²) >= 11 is 0. The molecule has 1 amide bonds. The Balaban J connectivity index is 1.35. The summed E-state index contributed by atoms with van der Waals surface area (Å²) in [7, 11) is 0. The molecule has 0 spiro atoms. The molecule has 1 N–H and O–H groups in total. The number of amides is 1. The number of hydrogen-bond donors (Lipinski definition) is 1. The minimum atomic E-state index is -0.229. The normalized spacial score (nSPS) is 14.4. The first kappa shape index (κ1) is 22.0. The Morgan fingerprint density at radius 2 is 1.53 bits per heavy atom. The van der Waals surface area contributed by atoms with Gasteiger partial charge in [0.25, 0.3) is 5.56 Å². The lowest BCUT2D eigenvalue weighted by atomic mass is 10.0. The van der Waals surface area contributed by atoms with Crippen LogP contribution in [-0.4, -0.2) is 46.8 Å². The van der Waals surface area contributed by atoms with Crippen LogP contribution in [0, 0.1) is 6.92 Å². The molecule has 0 atom stereocenters. The second kappa shape index (κ2) is 9.61. The molecular weight excluding hydrogens is 424 g/mol. The fourth-order valence-electron chi connectivity index (χ4n) is 4.63. The maximum absolute atomic E-state index is 13.2. The van der Waals surface area contributed by atoms with Gasteiger partial charge in [-0.15, -0.1) is 0 Å². The lowest BCUT2D eigenvalue weighted by molar-refractivity contribution is -0.917. The Bertz CT molecular complexity index is 1360. The van der Waals surface area contributed by atoms with E-state index in [-0.39, 0.29) is 18.0 Å². The molecule has 5 rings (SSSR count). The van der Waals surface area contributed by atoms with Crippen molar-refractivity contribution in [1.82, 2.24) is 14.7 Å². The van der Waals surface area contributed by atoms with Gasteiger partial charge in [-0.25, -0.2) is 4.68 Å². The zero-order chi connectivity index (χ0) is 23.5. The molecular formula is C28H29N4O2+. The van der Waals surface area contributed by atoms with Crippen molar-refractivity contribution in [2.24, 2.45) is 0 Å². The standard InChI is InChI=1S/C28H28N4O2/c1-21-11-13-23(14-12-21)27-24-9-5-6-10-25(24)28(34)32(29-27)20-26(33)31-17-15-30(16-18-31)19-22-7-3-2-4-8-22/h2-14H,15-20H2,1H3/p+1. The number of fused-ring (bicyclic) bond motifs is 1. The molecule has 1 aromatic heterocycles. The van der Waals surface area contributed by atoms with Crippen LogP contribution in [-0.2, 0) is 17.9 Å². The van der Waals surface area contributed by atoms with E-state index in [2.05, 4.69) is 29.4 Å². The average Bonchev–Trinajstić information content (AvgIpc) is 2.87. The molecule has 1 aliphatic rings. The summed E-state index contributed by atoms with van der Waals surface area (Å²) in [6.45, 7) is 6.13. The van der Waals surface area contributed by atoms with Crippen LogP contribution in [0.1, 0.15) is 11.1 Å². The van der Waals surface area contributed by atoms with Gasteiger partial charge in [0.05, 0.1) is 37.3 Å². The van der Waals surface area contributed by atoms with E-state index in [9.17, 15) is 9.59 Å². The second-order valence-corrected chi connectivity index (χ2v) is 9.02. The molecule has 1 saturated heterocycles. The molecule has 6 heteroatoms. The summed E-state index contributed by atoms with van der Waals surface area (Å²) in [5.41, 5.74) is 3.90. The maximum atomic E-state index is 13.2. The molecule has 172 valence electrons. The third-order valence-electron chi connectivity index (χ3n) is 6.60. The third kappa shape index (κ3) is 4.63. The van der Waals surface area contributed by atoms with Crippen LogP contribution in [0.2, 0.25) is 0 Å². The first-order valence-electron chi connectivity index (χ1n) is 11.8. The molecule has 1 fully saturated rings. The first-order chi connectivity index (χ1) is 16.6. The number of carbonyl (C=O) groups excluding carboxylic acids is 1. The number of hydrogen-bond acceptors (Lipinski definition) is 3. The van der Waals surface area contributed by atoms with Gasteiger partial charge in [-0.3, -0.25) is 9.59 Å². The predicted octanol–water partition coefficient (Wildman–Crippen LogP) is 2.30. The zero-order valence-electron chi connectivity index (χ0n) is 19.4. The van der Waals surface area contributed by atoms with Crippen LogP contribution in [0.5, 0.6) is 0 Å². The number of rotatable bonds is 5. The topological polar surface area (TPSA) is 59.6 Å². The zero-order valence-corrected chi connectivity index (χ0v) is 19.4. The Labute approximate surface area is 199 Å². The van der Waals surface area contributed by atoms with Gasteiger partial charge in [-0.05, 0) is 13.0 Å². The lowest BCUT2D eigenvalue weighted by Crippen LogP contribution is -3.13. The van der Waals surface area contributed by atoms with E-state index in [1.165, 1.54) is 15.1 Å². The minimum absolute atomic E-state index is 0.0451. The van der Waals surface area contributed by atoms with Crippen molar-refractivity contribution < 1.29 is 9.69 Å². The molecule has 34 heavy (non-hydrogen) atoms. The van der Waals surface area contributed by atoms with Crippen molar-refractivity contribution in [1.29, 1.82) is 0 Å². The van der Waals surface area contributed by atoms with Gasteiger partial charge in [0, 0.05) is 16.5 Å². The van der Waals surface area contributed by atoms with Gasteiger partial charge in [-0.2, -0.15) is 5.10 Å². The SMILES string of the molecule is Cc1ccc(-c2nn(CC(=O)N3CC[NH+](Cc4ccccc4)CC3)c(=O)c3ccccc23)cc1. The average molecular weight is 454 g/mol. The summed E-state index contributed by atoms with van der Waals surface area (Å²) in [5.74, 6) is -0.0569. The van der Waals surface area contributed by atoms with Crippen molar-refractivity contribution in [3.05, 3.63) is 100 Å². The molecule has 3 aromatic carbocycles. The molecule has 1 aliphatic heterocycles. The fourth-order valence-corrected chi connectivity index (χ4v) is 4.63. The number of nitrogens with zero attached hydrogens (tertiary/aromatic N) is 3. The fraction of sp³-hybridized carbons (Fsp3) is 0.250. The highest BCUT2D eigenvalue weighted by molar-refractivity contribution is 5.93. The number of benzene rings is 3. The van der Waals surface area contributed by atoms with Crippen LogP contribution in [0.25, 0.3) is 22.0 Å². The molecule has 0 radical (unpaired) electrons. The Hall–Kier alpha value is -3.77. The van der Waals surface area contributed by atoms with E-state index in [4.69, 9.17) is 0 Å². The van der Waals surface area contributed by atoms with Crippen molar-refractivity contribution >= 4 is 16.7 Å². The monoisotopic (exact) mass is 453 g/mol. The number of nitrogens with one attached hydrogen (secondary N) is 1. The van der Waals surface area contributed by atoms with Gasteiger partial charge in [0.1, 0.15) is 13.1 Å². The molecule has 6 nitrogen and oxygen atoms in total. The summed E-state index contributed by atoms with van der Waals surface area (Å²) in [5, 5.41) is 6.04. The number of carbonyl (C=O) groups is 1. The largest absolute Gasteiger partial charge is 0.330 e. The number of aryl methyl sites for hydroxylation is 1. The summed E-state index contributed by atoms with van der Waals surface area (Å²) in [4.78, 5) is 29.6. The predicted molar refractivity (Wildman–Crippen MR) is 134 cm³/mol. The summed E-state index contributed by atoms with van der Waals surface area (Å²) in [6, 6.07) is 26.0. The van der Waals surface area contributed by atoms with E-state index in [0.717, 1.165) is 41.8 Å². The van der Waals surface area contributed by atoms with Gasteiger partial charge < -0.3 is 9.80 Å². The van der Waals surface area contributed by atoms with E-state index < -0.39 is 0 Å². The number of piperazine rings is 1. The molecule has 0 aliphatic carbocycles. The summed E-state index contributed by atoms with van der Waals surface area (Å²) < 4.78 is 1.34. The summed E-state index contributed by atoms with van der Waals surface area (Å²) in [6.07, 6.45) is 0. The first-order valence-corrected chi connectivity index (χ1v) is 11.8. The Kier molecular flexibility index (Phi) is 6.23. The van der Waals surface area contributed by atoms with E-state index in [1.807, 2.05) is 66.4 Å². The van der Waals surface area contributed by atoms with Gasteiger partial charge >= 0.3 is 0 Å². The van der Waals surface area contributed by atoms with Gasteiger partial charge in [0.15, 0.2) is 0 Å². The van der Waals surface area contributed by atoms with Crippen molar-refractivity contribution in [3.63, 3.8) is 0 Å². The highest BCUT2D eigenvalue weighted by Crippen LogP contribution is 2.24. The quantitative estimate of drug-likeness (QED) is 0.505. The number of quaternary nitrogens is 1. The molecule has 0 bridgehead atoms. The number of aromatic nitrogens is 2. The maximum Gasteiger partial charge on any atom is 0.275 e. The Morgan fingerprint density at radius 1 is 0.882 bits per heavy atom. The molecule has 0 unspecified atom stereocenters. The molecule has 2 heterocycles. The van der Waals surface area contributed by atoms with Crippen LogP contribution < -0.4 is 10.5 Å². The molecule has 0 saturated carbocycles. The smallest absolute Gasteiger partial charge is 0.275 e. The third-order valence-corrected chi connectivity index (χ3v) is 6.60. The highest BCUT2D eigenvalue weighted by atomic mass is 16.2. The van der Waals surface area contributed by atoms with Gasteiger partial charge in [-0.1, -0.05) is 78.4 Å². The van der Waals surface area contributed by atoms with E-state index in [1.54, 1.807) is 0 Å². The van der Waals surface area contributed by atoms with Crippen LogP contribution in [0.3, 0.4) is 0 Å².